The van der Waals surface area contributed by atoms with E-state index in [1.54, 1.807) is 29.2 Å². The van der Waals surface area contributed by atoms with E-state index < -0.39 is 12.0 Å². The normalized spacial score (nSPS) is 15.6. The Morgan fingerprint density at radius 3 is 2.32 bits per heavy atom. The smallest absolute Gasteiger partial charge is 0.329 e. The molecule has 0 bridgehead atoms. The number of esters is 1. The van der Waals surface area contributed by atoms with Crippen LogP contribution in [0.15, 0.2) is 30.3 Å². The molecule has 0 spiro atoms. The van der Waals surface area contributed by atoms with Gasteiger partial charge in [0.15, 0.2) is 6.61 Å². The lowest BCUT2D eigenvalue weighted by atomic mass is 10.0. The van der Waals surface area contributed by atoms with Crippen molar-refractivity contribution in [3.63, 3.8) is 0 Å². The van der Waals surface area contributed by atoms with Crippen LogP contribution in [0, 0.1) is 5.92 Å². The van der Waals surface area contributed by atoms with Gasteiger partial charge >= 0.3 is 5.97 Å². The van der Waals surface area contributed by atoms with Gasteiger partial charge in [0.1, 0.15) is 6.04 Å². The van der Waals surface area contributed by atoms with Crippen molar-refractivity contribution in [2.24, 2.45) is 5.92 Å². The number of benzene rings is 1. The third-order valence-electron chi connectivity index (χ3n) is 4.29. The fourth-order valence-corrected chi connectivity index (χ4v) is 2.77. The number of likely N-dealkylation sites (tertiary alicyclic amines) is 1. The number of piperidine rings is 1. The molecule has 0 aromatic heterocycles. The number of rotatable bonds is 6. The average molecular weight is 346 g/mol. The molecule has 1 atom stereocenters. The van der Waals surface area contributed by atoms with Gasteiger partial charge in [0.25, 0.3) is 11.8 Å². The van der Waals surface area contributed by atoms with Crippen LogP contribution >= 0.6 is 0 Å². The number of nitrogens with zero attached hydrogens (tertiary/aromatic N) is 1. The van der Waals surface area contributed by atoms with Crippen molar-refractivity contribution in [1.29, 1.82) is 0 Å². The van der Waals surface area contributed by atoms with Crippen molar-refractivity contribution in [3.8, 4) is 0 Å². The first-order valence-corrected chi connectivity index (χ1v) is 8.79. The van der Waals surface area contributed by atoms with E-state index in [0.717, 1.165) is 32.4 Å². The summed E-state index contributed by atoms with van der Waals surface area (Å²) >= 11 is 0. The fraction of sp³-hybridized carbons (Fsp3) is 0.526. The van der Waals surface area contributed by atoms with Gasteiger partial charge in [-0.1, -0.05) is 32.0 Å². The molecular weight excluding hydrogens is 320 g/mol. The largest absolute Gasteiger partial charge is 0.454 e. The van der Waals surface area contributed by atoms with Crippen molar-refractivity contribution in [2.75, 3.05) is 19.7 Å². The van der Waals surface area contributed by atoms with Gasteiger partial charge in [0, 0.05) is 18.7 Å². The van der Waals surface area contributed by atoms with Crippen molar-refractivity contribution < 1.29 is 19.1 Å². The van der Waals surface area contributed by atoms with Gasteiger partial charge in [-0.15, -0.1) is 0 Å². The minimum absolute atomic E-state index is 0.148. The summed E-state index contributed by atoms with van der Waals surface area (Å²) in [7, 11) is 0. The van der Waals surface area contributed by atoms with E-state index in [4.69, 9.17) is 4.74 Å². The topological polar surface area (TPSA) is 75.7 Å². The van der Waals surface area contributed by atoms with Crippen LogP contribution in [0.5, 0.6) is 0 Å². The molecule has 1 aliphatic heterocycles. The summed E-state index contributed by atoms with van der Waals surface area (Å²) in [6, 6.07) is 7.90. The van der Waals surface area contributed by atoms with Crippen LogP contribution in [0.4, 0.5) is 0 Å². The van der Waals surface area contributed by atoms with Crippen LogP contribution in [0.2, 0.25) is 0 Å². The monoisotopic (exact) mass is 346 g/mol. The van der Waals surface area contributed by atoms with Crippen LogP contribution < -0.4 is 5.32 Å². The standard InChI is InChI=1S/C19H26N2O4/c1-14(2)17(20-18(23)15-9-5-3-6-10-15)19(24)25-13-16(22)21-11-7-4-8-12-21/h3,5-6,9-10,14,17H,4,7-8,11-13H2,1-2H3,(H,20,23)/t17-/m0/s1. The molecule has 0 radical (unpaired) electrons. The summed E-state index contributed by atoms with van der Waals surface area (Å²) in [6.07, 6.45) is 3.10. The van der Waals surface area contributed by atoms with Crippen molar-refractivity contribution in [1.82, 2.24) is 10.2 Å². The molecule has 1 heterocycles. The molecule has 0 aliphatic carbocycles. The molecule has 1 fully saturated rings. The Bertz CT molecular complexity index is 595. The van der Waals surface area contributed by atoms with Gasteiger partial charge in [0.05, 0.1) is 0 Å². The molecule has 2 amide bonds. The molecule has 6 nitrogen and oxygen atoms in total. The van der Waals surface area contributed by atoms with Crippen LogP contribution in [-0.2, 0) is 14.3 Å². The zero-order valence-corrected chi connectivity index (χ0v) is 14.9. The van der Waals surface area contributed by atoms with Gasteiger partial charge in [-0.3, -0.25) is 9.59 Å². The number of carbonyl (C=O) groups excluding carboxylic acids is 3. The molecule has 0 unspecified atom stereocenters. The van der Waals surface area contributed by atoms with Gasteiger partial charge in [-0.25, -0.2) is 4.79 Å². The first-order chi connectivity index (χ1) is 12.0. The Kier molecular flexibility index (Phi) is 6.98. The lowest BCUT2D eigenvalue weighted by Crippen LogP contribution is -2.46. The molecule has 6 heteroatoms. The summed E-state index contributed by atoms with van der Waals surface area (Å²) in [5.41, 5.74) is 0.477. The predicted molar refractivity (Wildman–Crippen MR) is 93.9 cm³/mol. The maximum absolute atomic E-state index is 12.3. The van der Waals surface area contributed by atoms with Crippen LogP contribution in [-0.4, -0.2) is 48.4 Å². The summed E-state index contributed by atoms with van der Waals surface area (Å²) in [6.45, 7) is 4.81. The lowest BCUT2D eigenvalue weighted by Gasteiger charge is -2.27. The SMILES string of the molecule is CC(C)[C@H](NC(=O)c1ccccc1)C(=O)OCC(=O)N1CCCCC1. The third-order valence-corrected chi connectivity index (χ3v) is 4.29. The third kappa shape index (κ3) is 5.59. The summed E-state index contributed by atoms with van der Waals surface area (Å²) < 4.78 is 5.17. The lowest BCUT2D eigenvalue weighted by molar-refractivity contribution is -0.154. The molecule has 0 saturated carbocycles. The minimum atomic E-state index is -0.790. The highest BCUT2D eigenvalue weighted by Gasteiger charge is 2.27. The maximum Gasteiger partial charge on any atom is 0.329 e. The summed E-state index contributed by atoms with van der Waals surface area (Å²) in [4.78, 5) is 38.4. The molecule has 1 aromatic carbocycles. The predicted octanol–water partition coefficient (Wildman–Crippen LogP) is 2.00. The Labute approximate surface area is 148 Å². The van der Waals surface area contributed by atoms with Gasteiger partial charge < -0.3 is 15.0 Å². The number of nitrogens with one attached hydrogen (secondary N) is 1. The zero-order chi connectivity index (χ0) is 18.2. The Balaban J connectivity index is 1.89. The Hall–Kier alpha value is -2.37. The van der Waals surface area contributed by atoms with Gasteiger partial charge in [-0.2, -0.15) is 0 Å². The van der Waals surface area contributed by atoms with Crippen molar-refractivity contribution >= 4 is 17.8 Å². The van der Waals surface area contributed by atoms with Crippen molar-refractivity contribution in [3.05, 3.63) is 35.9 Å². The van der Waals surface area contributed by atoms with Gasteiger partial charge in [-0.05, 0) is 37.3 Å². The van der Waals surface area contributed by atoms with E-state index >= 15 is 0 Å². The second kappa shape index (κ2) is 9.20. The average Bonchev–Trinajstić information content (AvgIpc) is 2.64. The van der Waals surface area contributed by atoms with E-state index in [-0.39, 0.29) is 24.3 Å². The molecule has 25 heavy (non-hydrogen) atoms. The van der Waals surface area contributed by atoms with E-state index in [1.165, 1.54) is 0 Å². The van der Waals surface area contributed by atoms with Crippen molar-refractivity contribution in [2.45, 2.75) is 39.2 Å². The number of amides is 2. The fourth-order valence-electron chi connectivity index (χ4n) is 2.77. The highest BCUT2D eigenvalue weighted by Crippen LogP contribution is 2.10. The number of ether oxygens (including phenoxy) is 1. The van der Waals surface area contributed by atoms with E-state index in [1.807, 2.05) is 19.9 Å². The van der Waals surface area contributed by atoms with E-state index in [2.05, 4.69) is 5.32 Å². The number of hydrogen-bond acceptors (Lipinski definition) is 4. The van der Waals surface area contributed by atoms with Crippen LogP contribution in [0.3, 0.4) is 0 Å². The highest BCUT2D eigenvalue weighted by molar-refractivity contribution is 5.97. The molecule has 1 saturated heterocycles. The number of carbonyl (C=O) groups is 3. The first kappa shape index (κ1) is 19.0. The van der Waals surface area contributed by atoms with Crippen LogP contribution in [0.1, 0.15) is 43.5 Å². The maximum atomic E-state index is 12.3. The van der Waals surface area contributed by atoms with Gasteiger partial charge in [0.2, 0.25) is 0 Å². The minimum Gasteiger partial charge on any atom is -0.454 e. The first-order valence-electron chi connectivity index (χ1n) is 8.79. The number of hydrogen-bond donors (Lipinski definition) is 1. The molecule has 1 aliphatic rings. The van der Waals surface area contributed by atoms with Crippen LogP contribution in [0.25, 0.3) is 0 Å². The Morgan fingerprint density at radius 2 is 1.72 bits per heavy atom. The Morgan fingerprint density at radius 1 is 1.08 bits per heavy atom. The van der Waals surface area contributed by atoms with E-state index in [0.29, 0.717) is 5.56 Å². The molecular formula is C19H26N2O4. The zero-order valence-electron chi connectivity index (χ0n) is 14.9. The molecule has 1 N–H and O–H groups in total. The second-order valence-electron chi connectivity index (χ2n) is 6.61. The summed E-state index contributed by atoms with van der Waals surface area (Å²) in [5, 5.41) is 2.70. The molecule has 1 aromatic rings. The molecule has 2 rings (SSSR count). The summed E-state index contributed by atoms with van der Waals surface area (Å²) in [5.74, 6) is -1.24. The molecule has 136 valence electrons. The quantitative estimate of drug-likeness (QED) is 0.800. The second-order valence-corrected chi connectivity index (χ2v) is 6.61. The highest BCUT2D eigenvalue weighted by atomic mass is 16.5. The van der Waals surface area contributed by atoms with E-state index in [9.17, 15) is 14.4 Å².